The number of hydrogen-bond donors (Lipinski definition) is 3. The predicted molar refractivity (Wildman–Crippen MR) is 65.3 cm³/mol. The maximum absolute atomic E-state index is 12.0. The molecule has 0 spiro atoms. The van der Waals surface area contributed by atoms with Crippen LogP contribution in [0, 0.1) is 6.92 Å². The topological polar surface area (TPSA) is 70.0 Å². The van der Waals surface area contributed by atoms with E-state index in [9.17, 15) is 4.79 Å². The third-order valence-electron chi connectivity index (χ3n) is 2.51. The number of rotatable bonds is 2. The maximum Gasteiger partial charge on any atom is 0.280 e. The summed E-state index contributed by atoms with van der Waals surface area (Å²) in [6, 6.07) is 7.50. The molecule has 3 N–H and O–H groups in total. The molecule has 2 aromatic rings. The fourth-order valence-electron chi connectivity index (χ4n) is 1.58. The first-order valence-electron chi connectivity index (χ1n) is 5.10. The van der Waals surface area contributed by atoms with Gasteiger partial charge in [-0.05, 0) is 19.1 Å². The fraction of sp³-hybridized carbons (Fsp3) is 0.0833. The molecule has 1 aromatic carbocycles. The van der Waals surface area contributed by atoms with Gasteiger partial charge in [-0.3, -0.25) is 20.6 Å². The minimum Gasteiger partial charge on any atom is -0.292 e. The minimum absolute atomic E-state index is 0.264. The number of nitrogens with zero attached hydrogens (tertiary/aromatic N) is 1. The number of hydrogen-bond acceptors (Lipinski definition) is 3. The Kier molecular flexibility index (Phi) is 2.84. The average molecular weight is 231 g/mol. The lowest BCUT2D eigenvalue weighted by Crippen LogP contribution is -2.35. The Bertz CT molecular complexity index is 680. The van der Waals surface area contributed by atoms with Gasteiger partial charge < -0.3 is 0 Å². The van der Waals surface area contributed by atoms with Crippen molar-refractivity contribution in [2.75, 3.05) is 0 Å². The lowest BCUT2D eigenvalue weighted by atomic mass is 10.2. The predicted octanol–water partition coefficient (Wildman–Crippen LogP) is -0.399. The number of benzene rings is 1. The molecule has 0 aliphatic carbocycles. The smallest absolute Gasteiger partial charge is 0.280 e. The van der Waals surface area contributed by atoms with Crippen LogP contribution < -0.4 is 21.6 Å². The zero-order valence-electron chi connectivity index (χ0n) is 9.40. The van der Waals surface area contributed by atoms with Gasteiger partial charge in [0.05, 0.1) is 16.3 Å². The Labute approximate surface area is 97.3 Å². The van der Waals surface area contributed by atoms with Crippen LogP contribution >= 0.6 is 0 Å². The van der Waals surface area contributed by atoms with Crippen LogP contribution in [0.3, 0.4) is 0 Å². The first-order valence-corrected chi connectivity index (χ1v) is 5.10. The van der Waals surface area contributed by atoms with Crippen molar-refractivity contribution in [3.63, 3.8) is 0 Å². The molecule has 5 nitrogen and oxygen atoms in total. The summed E-state index contributed by atoms with van der Waals surface area (Å²) in [6.45, 7) is 5.68. The molecule has 1 aromatic heterocycles. The SMILES string of the molecule is C=c1[nH]n(-c2ccc(C)cc2)c(=O)c1=CNO. The summed E-state index contributed by atoms with van der Waals surface area (Å²) in [6.07, 6.45) is 1.20. The highest BCUT2D eigenvalue weighted by molar-refractivity contribution is 5.34. The van der Waals surface area contributed by atoms with Gasteiger partial charge >= 0.3 is 0 Å². The van der Waals surface area contributed by atoms with E-state index in [-0.39, 0.29) is 5.56 Å². The van der Waals surface area contributed by atoms with Crippen molar-refractivity contribution >= 4 is 12.8 Å². The highest BCUT2D eigenvalue weighted by Crippen LogP contribution is 2.04. The average Bonchev–Trinajstić information content (AvgIpc) is 2.59. The molecule has 0 saturated carbocycles. The van der Waals surface area contributed by atoms with Crippen LogP contribution in [0.5, 0.6) is 0 Å². The van der Waals surface area contributed by atoms with Gasteiger partial charge in [0.2, 0.25) is 0 Å². The quantitative estimate of drug-likeness (QED) is 0.616. The van der Waals surface area contributed by atoms with Crippen LogP contribution in [-0.4, -0.2) is 15.0 Å². The molecule has 2 rings (SSSR count). The molecule has 1 heterocycles. The van der Waals surface area contributed by atoms with Gasteiger partial charge in [0, 0.05) is 6.20 Å². The molecule has 0 radical (unpaired) electrons. The van der Waals surface area contributed by atoms with E-state index in [4.69, 9.17) is 5.21 Å². The summed E-state index contributed by atoms with van der Waals surface area (Å²) < 4.78 is 1.38. The lowest BCUT2D eigenvalue weighted by Gasteiger charge is -2.00. The second kappa shape index (κ2) is 4.31. The molecule has 0 amide bonds. The minimum atomic E-state index is -0.264. The van der Waals surface area contributed by atoms with Gasteiger partial charge in [-0.2, -0.15) is 0 Å². The zero-order valence-corrected chi connectivity index (χ0v) is 9.40. The van der Waals surface area contributed by atoms with E-state index in [0.717, 1.165) is 11.3 Å². The first kappa shape index (κ1) is 11.2. The van der Waals surface area contributed by atoms with Crippen molar-refractivity contribution in [1.29, 1.82) is 0 Å². The van der Waals surface area contributed by atoms with Crippen LogP contribution in [0.25, 0.3) is 18.5 Å². The number of aryl methyl sites for hydroxylation is 1. The Morgan fingerprint density at radius 1 is 1.41 bits per heavy atom. The summed E-state index contributed by atoms with van der Waals surface area (Å²) in [7, 11) is 0. The summed E-state index contributed by atoms with van der Waals surface area (Å²) in [5.74, 6) is 0. The zero-order chi connectivity index (χ0) is 12.4. The largest absolute Gasteiger partial charge is 0.292 e. The van der Waals surface area contributed by atoms with Crippen molar-refractivity contribution in [3.8, 4) is 5.69 Å². The van der Waals surface area contributed by atoms with Crippen molar-refractivity contribution in [2.45, 2.75) is 6.92 Å². The van der Waals surface area contributed by atoms with Crippen LogP contribution in [0.2, 0.25) is 0 Å². The van der Waals surface area contributed by atoms with Crippen LogP contribution in [-0.2, 0) is 0 Å². The molecule has 0 aliphatic heterocycles. The van der Waals surface area contributed by atoms with Gasteiger partial charge in [-0.25, -0.2) is 4.68 Å². The standard InChI is InChI=1S/C12H13N3O2/c1-8-3-5-10(6-4-8)15-12(16)11(7-13-17)9(2)14-15/h3-7,13-14,17H,2H2,1H3. The Hall–Kier alpha value is -2.27. The Morgan fingerprint density at radius 2 is 2.06 bits per heavy atom. The third kappa shape index (κ3) is 2.00. The van der Waals surface area contributed by atoms with E-state index in [0.29, 0.717) is 10.6 Å². The normalized spacial score (nSPS) is 11.8. The van der Waals surface area contributed by atoms with Crippen molar-refractivity contribution < 1.29 is 5.21 Å². The van der Waals surface area contributed by atoms with E-state index >= 15 is 0 Å². The second-order valence-electron chi connectivity index (χ2n) is 3.75. The summed E-state index contributed by atoms with van der Waals surface area (Å²) in [5.41, 5.74) is 3.42. The maximum atomic E-state index is 12.0. The highest BCUT2D eigenvalue weighted by Gasteiger charge is 2.03. The molecule has 0 aliphatic rings. The molecule has 88 valence electrons. The summed E-state index contributed by atoms with van der Waals surface area (Å²) >= 11 is 0. The van der Waals surface area contributed by atoms with Crippen LogP contribution in [0.15, 0.2) is 29.1 Å². The number of aromatic nitrogens is 2. The van der Waals surface area contributed by atoms with Gasteiger partial charge in [0.15, 0.2) is 0 Å². The molecule has 5 heteroatoms. The monoisotopic (exact) mass is 231 g/mol. The molecule has 0 unspecified atom stereocenters. The molecular weight excluding hydrogens is 218 g/mol. The molecule has 0 bridgehead atoms. The van der Waals surface area contributed by atoms with E-state index in [1.807, 2.05) is 36.7 Å². The van der Waals surface area contributed by atoms with Crippen molar-refractivity contribution in [1.82, 2.24) is 15.3 Å². The molecule has 0 fully saturated rings. The molecule has 17 heavy (non-hydrogen) atoms. The van der Waals surface area contributed by atoms with Crippen molar-refractivity contribution in [2.24, 2.45) is 0 Å². The van der Waals surface area contributed by atoms with Crippen molar-refractivity contribution in [3.05, 3.63) is 50.8 Å². The summed E-state index contributed by atoms with van der Waals surface area (Å²) in [5, 5.41) is 12.2. The van der Waals surface area contributed by atoms with E-state index in [2.05, 4.69) is 11.7 Å². The molecular formula is C12H13N3O2. The van der Waals surface area contributed by atoms with Gasteiger partial charge in [-0.15, -0.1) is 0 Å². The molecule has 0 atom stereocenters. The Balaban J connectivity index is 2.66. The van der Waals surface area contributed by atoms with Gasteiger partial charge in [-0.1, -0.05) is 24.3 Å². The number of nitrogens with one attached hydrogen (secondary N) is 2. The summed E-state index contributed by atoms with van der Waals surface area (Å²) in [4.78, 5) is 12.0. The van der Waals surface area contributed by atoms with E-state index in [1.54, 1.807) is 0 Å². The highest BCUT2D eigenvalue weighted by atomic mass is 16.5. The Morgan fingerprint density at radius 3 is 2.65 bits per heavy atom. The third-order valence-corrected chi connectivity index (χ3v) is 2.51. The number of hydroxylamine groups is 1. The number of H-pyrrole nitrogens is 1. The molecule has 0 saturated heterocycles. The van der Waals surface area contributed by atoms with Gasteiger partial charge in [0.1, 0.15) is 0 Å². The number of aromatic amines is 1. The first-order chi connectivity index (χ1) is 8.13. The van der Waals surface area contributed by atoms with Gasteiger partial charge in [0.25, 0.3) is 5.56 Å². The van der Waals surface area contributed by atoms with Crippen LogP contribution in [0.1, 0.15) is 5.56 Å². The van der Waals surface area contributed by atoms with E-state index in [1.165, 1.54) is 10.9 Å². The fourth-order valence-corrected chi connectivity index (χ4v) is 1.58. The van der Waals surface area contributed by atoms with Crippen LogP contribution in [0.4, 0.5) is 0 Å². The lowest BCUT2D eigenvalue weighted by molar-refractivity contribution is 0.230. The second-order valence-corrected chi connectivity index (χ2v) is 3.75. The van der Waals surface area contributed by atoms with E-state index < -0.39 is 0 Å².